The van der Waals surface area contributed by atoms with Gasteiger partial charge in [0, 0.05) is 5.56 Å². The molecule has 1 rings (SSSR count). The Morgan fingerprint density at radius 3 is 2.82 bits per heavy atom. The van der Waals surface area contributed by atoms with Gasteiger partial charge in [0.2, 0.25) is 0 Å². The number of carbonyl (C=O) groups is 1. The smallest absolute Gasteiger partial charge is 0.332 e. The van der Waals surface area contributed by atoms with E-state index in [-0.39, 0.29) is 5.75 Å². The van der Waals surface area contributed by atoms with Crippen molar-refractivity contribution in [3.05, 3.63) is 29.3 Å². The van der Waals surface area contributed by atoms with Crippen LogP contribution in [0.25, 0.3) is 0 Å². The van der Waals surface area contributed by atoms with Crippen LogP contribution in [0.4, 0.5) is 4.79 Å². The first kappa shape index (κ1) is 13.0. The van der Waals surface area contributed by atoms with Crippen molar-refractivity contribution in [2.75, 3.05) is 0 Å². The van der Waals surface area contributed by atoms with Gasteiger partial charge in [-0.2, -0.15) is 5.10 Å². The fraction of sp³-hybridized carbons (Fsp3) is 0.333. The van der Waals surface area contributed by atoms with Crippen LogP contribution in [0, 0.1) is 6.92 Å². The van der Waals surface area contributed by atoms with Crippen molar-refractivity contribution in [3.63, 3.8) is 0 Å². The Balaban J connectivity index is 3.08. The number of carbonyl (C=O) groups excluding carboxylic acids is 1. The minimum Gasteiger partial charge on any atom is -0.507 e. The molecule has 0 atom stereocenters. The molecule has 2 amide bonds. The van der Waals surface area contributed by atoms with E-state index in [0.29, 0.717) is 17.7 Å². The van der Waals surface area contributed by atoms with E-state index in [1.807, 2.05) is 26.0 Å². The van der Waals surface area contributed by atoms with Crippen LogP contribution >= 0.6 is 0 Å². The number of nitrogens with zero attached hydrogens (tertiary/aromatic N) is 1. The third-order valence-corrected chi connectivity index (χ3v) is 2.25. The maximum atomic E-state index is 10.6. The summed E-state index contributed by atoms with van der Waals surface area (Å²) in [5, 5.41) is 13.7. The fourth-order valence-electron chi connectivity index (χ4n) is 1.49. The number of phenolic OH excluding ortho intramolecular Hbond substituents is 1. The standard InChI is InChI=1S/C12H17N3O2/c1-3-4-10(14-15-12(13)17)9-7-8(2)5-6-11(9)16/h5-7,16H,3-4H2,1-2H3,(H3,13,15,17). The predicted molar refractivity (Wildman–Crippen MR) is 67.0 cm³/mol. The molecule has 0 aromatic heterocycles. The summed E-state index contributed by atoms with van der Waals surface area (Å²) in [6, 6.07) is 4.53. The number of hydrogen-bond donors (Lipinski definition) is 3. The molecule has 0 fully saturated rings. The second-order valence-electron chi connectivity index (χ2n) is 3.81. The van der Waals surface area contributed by atoms with Gasteiger partial charge >= 0.3 is 6.03 Å². The highest BCUT2D eigenvalue weighted by molar-refractivity contribution is 6.03. The summed E-state index contributed by atoms with van der Waals surface area (Å²) in [5.74, 6) is 0.147. The topological polar surface area (TPSA) is 87.7 Å². The molecule has 0 heterocycles. The number of nitrogens with two attached hydrogens (primary N) is 1. The maximum Gasteiger partial charge on any atom is 0.332 e. The van der Waals surface area contributed by atoms with E-state index < -0.39 is 6.03 Å². The molecule has 0 saturated heterocycles. The fourth-order valence-corrected chi connectivity index (χ4v) is 1.49. The summed E-state index contributed by atoms with van der Waals surface area (Å²) in [6.07, 6.45) is 1.50. The number of urea groups is 1. The molecular formula is C12H17N3O2. The first-order valence-electron chi connectivity index (χ1n) is 5.46. The number of phenols is 1. The number of rotatable bonds is 4. The van der Waals surface area contributed by atoms with Crippen LogP contribution in [-0.4, -0.2) is 16.8 Å². The number of benzene rings is 1. The SMILES string of the molecule is CCCC(=NNC(N)=O)c1cc(C)ccc1O. The summed E-state index contributed by atoms with van der Waals surface area (Å²) in [7, 11) is 0. The van der Waals surface area contributed by atoms with Crippen LogP contribution in [-0.2, 0) is 0 Å². The molecule has 4 N–H and O–H groups in total. The summed E-state index contributed by atoms with van der Waals surface area (Å²) >= 11 is 0. The van der Waals surface area contributed by atoms with Crippen molar-refractivity contribution in [1.82, 2.24) is 5.43 Å². The first-order chi connectivity index (χ1) is 8.04. The summed E-state index contributed by atoms with van der Waals surface area (Å²) in [5.41, 5.74) is 9.41. The van der Waals surface area contributed by atoms with Gasteiger partial charge in [0.1, 0.15) is 5.75 Å². The second kappa shape index (κ2) is 5.89. The summed E-state index contributed by atoms with van der Waals surface area (Å²) in [4.78, 5) is 10.6. The zero-order chi connectivity index (χ0) is 12.8. The van der Waals surface area contributed by atoms with Crippen LogP contribution in [0.15, 0.2) is 23.3 Å². The number of amides is 2. The van der Waals surface area contributed by atoms with E-state index in [1.54, 1.807) is 6.07 Å². The monoisotopic (exact) mass is 235 g/mol. The third kappa shape index (κ3) is 3.79. The molecule has 92 valence electrons. The Kier molecular flexibility index (Phi) is 4.51. The summed E-state index contributed by atoms with van der Waals surface area (Å²) in [6.45, 7) is 3.92. The van der Waals surface area contributed by atoms with Gasteiger partial charge in [-0.3, -0.25) is 0 Å². The first-order valence-corrected chi connectivity index (χ1v) is 5.46. The highest BCUT2D eigenvalue weighted by Gasteiger charge is 2.09. The van der Waals surface area contributed by atoms with E-state index in [4.69, 9.17) is 5.73 Å². The van der Waals surface area contributed by atoms with E-state index >= 15 is 0 Å². The molecule has 0 aliphatic rings. The van der Waals surface area contributed by atoms with Crippen LogP contribution in [0.2, 0.25) is 0 Å². The van der Waals surface area contributed by atoms with Crippen molar-refractivity contribution in [3.8, 4) is 5.75 Å². The molecule has 0 aliphatic heterocycles. The Hall–Kier alpha value is -2.04. The van der Waals surface area contributed by atoms with Gasteiger partial charge < -0.3 is 10.8 Å². The van der Waals surface area contributed by atoms with Gasteiger partial charge in [0.05, 0.1) is 5.71 Å². The molecule has 1 aromatic rings. The number of hydrazone groups is 1. The van der Waals surface area contributed by atoms with Gasteiger partial charge in [-0.1, -0.05) is 25.0 Å². The van der Waals surface area contributed by atoms with Crippen molar-refractivity contribution in [1.29, 1.82) is 0 Å². The van der Waals surface area contributed by atoms with Crippen molar-refractivity contribution < 1.29 is 9.90 Å². The molecular weight excluding hydrogens is 218 g/mol. The Bertz CT molecular complexity index is 441. The normalized spacial score (nSPS) is 11.3. The Morgan fingerprint density at radius 2 is 2.24 bits per heavy atom. The van der Waals surface area contributed by atoms with Crippen molar-refractivity contribution in [2.45, 2.75) is 26.7 Å². The van der Waals surface area contributed by atoms with E-state index in [0.717, 1.165) is 12.0 Å². The molecule has 0 bridgehead atoms. The quantitative estimate of drug-likeness (QED) is 0.549. The number of primary amides is 1. The van der Waals surface area contributed by atoms with E-state index in [9.17, 15) is 9.90 Å². The highest BCUT2D eigenvalue weighted by atomic mass is 16.3. The lowest BCUT2D eigenvalue weighted by molar-refractivity contribution is 0.249. The van der Waals surface area contributed by atoms with Crippen molar-refractivity contribution in [2.24, 2.45) is 10.8 Å². The van der Waals surface area contributed by atoms with Gasteiger partial charge in [0.15, 0.2) is 0 Å². The Morgan fingerprint density at radius 1 is 1.53 bits per heavy atom. The van der Waals surface area contributed by atoms with E-state index in [1.165, 1.54) is 0 Å². The van der Waals surface area contributed by atoms with Crippen LogP contribution in [0.3, 0.4) is 0 Å². The molecule has 0 unspecified atom stereocenters. The molecule has 5 heteroatoms. The Labute approximate surface area is 100 Å². The molecule has 0 saturated carbocycles. The molecule has 0 aliphatic carbocycles. The lowest BCUT2D eigenvalue weighted by atomic mass is 10.0. The zero-order valence-electron chi connectivity index (χ0n) is 10.0. The van der Waals surface area contributed by atoms with Crippen LogP contribution in [0.5, 0.6) is 5.75 Å². The minimum atomic E-state index is -0.717. The lowest BCUT2D eigenvalue weighted by Crippen LogP contribution is -2.26. The number of hydrogen-bond acceptors (Lipinski definition) is 3. The summed E-state index contributed by atoms with van der Waals surface area (Å²) < 4.78 is 0. The second-order valence-corrected chi connectivity index (χ2v) is 3.81. The zero-order valence-corrected chi connectivity index (χ0v) is 10.0. The van der Waals surface area contributed by atoms with Crippen LogP contribution < -0.4 is 11.2 Å². The van der Waals surface area contributed by atoms with Gasteiger partial charge in [0.25, 0.3) is 0 Å². The maximum absolute atomic E-state index is 10.6. The molecule has 1 aromatic carbocycles. The van der Waals surface area contributed by atoms with Crippen molar-refractivity contribution >= 4 is 11.7 Å². The molecule has 0 radical (unpaired) electrons. The third-order valence-electron chi connectivity index (χ3n) is 2.25. The van der Waals surface area contributed by atoms with Crippen LogP contribution in [0.1, 0.15) is 30.9 Å². The molecule has 0 spiro atoms. The predicted octanol–water partition coefficient (Wildman–Crippen LogP) is 1.87. The van der Waals surface area contributed by atoms with Gasteiger partial charge in [-0.15, -0.1) is 0 Å². The van der Waals surface area contributed by atoms with E-state index in [2.05, 4.69) is 10.5 Å². The minimum absolute atomic E-state index is 0.147. The number of aryl methyl sites for hydroxylation is 1. The average molecular weight is 235 g/mol. The average Bonchev–Trinajstić information content (AvgIpc) is 2.27. The largest absolute Gasteiger partial charge is 0.507 e. The van der Waals surface area contributed by atoms with Gasteiger partial charge in [-0.25, -0.2) is 10.2 Å². The molecule has 17 heavy (non-hydrogen) atoms. The molecule has 5 nitrogen and oxygen atoms in total. The lowest BCUT2D eigenvalue weighted by Gasteiger charge is -2.08. The van der Waals surface area contributed by atoms with Gasteiger partial charge in [-0.05, 0) is 25.5 Å². The number of nitrogens with one attached hydrogen (secondary N) is 1. The highest BCUT2D eigenvalue weighted by Crippen LogP contribution is 2.20. The number of aromatic hydroxyl groups is 1.